The molecule has 104 valence electrons. The van der Waals surface area contributed by atoms with E-state index in [9.17, 15) is 5.11 Å². The molecular formula is C13H21N5O. The van der Waals surface area contributed by atoms with Crippen molar-refractivity contribution >= 4 is 17.0 Å². The van der Waals surface area contributed by atoms with Crippen LogP contribution in [0.5, 0.6) is 0 Å². The van der Waals surface area contributed by atoms with E-state index >= 15 is 0 Å². The lowest BCUT2D eigenvalue weighted by Crippen LogP contribution is -2.21. The Balaban J connectivity index is 2.31. The molecule has 0 saturated carbocycles. The Morgan fingerprint density at radius 2 is 2.11 bits per heavy atom. The van der Waals surface area contributed by atoms with Crippen molar-refractivity contribution in [2.45, 2.75) is 51.7 Å². The van der Waals surface area contributed by atoms with Gasteiger partial charge in [-0.25, -0.2) is 15.0 Å². The monoisotopic (exact) mass is 263 g/mol. The van der Waals surface area contributed by atoms with E-state index in [1.54, 1.807) is 13.3 Å². The minimum atomic E-state index is -0.453. The lowest BCUT2D eigenvalue weighted by atomic mass is 10.0. The van der Waals surface area contributed by atoms with Crippen LogP contribution >= 0.6 is 0 Å². The van der Waals surface area contributed by atoms with Gasteiger partial charge in [0.2, 0.25) is 0 Å². The Bertz CT molecular complexity index is 537. The smallest absolute Gasteiger partial charge is 0.165 e. The minimum Gasteiger partial charge on any atom is -0.391 e. The van der Waals surface area contributed by atoms with E-state index in [1.165, 1.54) is 6.33 Å². The molecule has 0 spiro atoms. The largest absolute Gasteiger partial charge is 0.391 e. The minimum absolute atomic E-state index is 0.0224. The van der Waals surface area contributed by atoms with Gasteiger partial charge in [0.15, 0.2) is 11.5 Å². The molecule has 0 aliphatic heterocycles. The van der Waals surface area contributed by atoms with E-state index in [2.05, 4.69) is 21.9 Å². The highest BCUT2D eigenvalue weighted by Gasteiger charge is 2.20. The first-order valence-electron chi connectivity index (χ1n) is 6.76. The van der Waals surface area contributed by atoms with Gasteiger partial charge in [-0.2, -0.15) is 0 Å². The average Bonchev–Trinajstić information content (AvgIpc) is 2.79. The van der Waals surface area contributed by atoms with Crippen molar-refractivity contribution in [2.24, 2.45) is 0 Å². The lowest BCUT2D eigenvalue weighted by molar-refractivity contribution is 0.124. The van der Waals surface area contributed by atoms with Gasteiger partial charge in [0, 0.05) is 0 Å². The summed E-state index contributed by atoms with van der Waals surface area (Å²) in [5, 5.41) is 9.99. The van der Waals surface area contributed by atoms with Crippen LogP contribution in [0, 0.1) is 0 Å². The summed E-state index contributed by atoms with van der Waals surface area (Å²) >= 11 is 0. The van der Waals surface area contributed by atoms with E-state index in [-0.39, 0.29) is 6.04 Å². The summed E-state index contributed by atoms with van der Waals surface area (Å²) in [6.45, 7) is 3.96. The van der Waals surface area contributed by atoms with Gasteiger partial charge in [-0.05, 0) is 13.3 Å². The molecule has 0 radical (unpaired) electrons. The van der Waals surface area contributed by atoms with Gasteiger partial charge >= 0.3 is 0 Å². The maximum Gasteiger partial charge on any atom is 0.165 e. The predicted molar refractivity (Wildman–Crippen MR) is 74.6 cm³/mol. The van der Waals surface area contributed by atoms with Crippen molar-refractivity contribution in [3.63, 3.8) is 0 Å². The number of nitrogen functional groups attached to an aromatic ring is 1. The van der Waals surface area contributed by atoms with Crippen LogP contribution in [-0.4, -0.2) is 30.7 Å². The molecule has 2 atom stereocenters. The van der Waals surface area contributed by atoms with Gasteiger partial charge in [-0.15, -0.1) is 0 Å². The van der Waals surface area contributed by atoms with Crippen LogP contribution in [0.3, 0.4) is 0 Å². The number of aliphatic hydroxyl groups is 1. The van der Waals surface area contributed by atoms with Gasteiger partial charge in [0.05, 0.1) is 18.5 Å². The summed E-state index contributed by atoms with van der Waals surface area (Å²) in [5.41, 5.74) is 7.07. The zero-order valence-electron chi connectivity index (χ0n) is 11.5. The molecular weight excluding hydrogens is 242 g/mol. The van der Waals surface area contributed by atoms with Crippen molar-refractivity contribution in [1.29, 1.82) is 0 Å². The van der Waals surface area contributed by atoms with Crippen LogP contribution in [-0.2, 0) is 0 Å². The first-order chi connectivity index (χ1) is 9.15. The maximum atomic E-state index is 9.99. The van der Waals surface area contributed by atoms with Crippen molar-refractivity contribution < 1.29 is 5.11 Å². The second-order valence-electron chi connectivity index (χ2n) is 4.89. The molecule has 2 aromatic rings. The first kappa shape index (κ1) is 13.7. The number of hydrogen-bond donors (Lipinski definition) is 2. The van der Waals surface area contributed by atoms with E-state index < -0.39 is 6.10 Å². The highest BCUT2D eigenvalue weighted by Crippen LogP contribution is 2.25. The molecule has 0 unspecified atom stereocenters. The number of fused-ring (bicyclic) bond motifs is 1. The number of rotatable bonds is 6. The number of aromatic nitrogens is 4. The molecule has 2 heterocycles. The van der Waals surface area contributed by atoms with Gasteiger partial charge in [-0.3, -0.25) is 0 Å². The third kappa shape index (κ3) is 2.84. The van der Waals surface area contributed by atoms with E-state index in [4.69, 9.17) is 5.73 Å². The SMILES string of the molecule is CCCCC[C@H]([C@H](C)O)n1cnc2c(N)ncnc21. The Morgan fingerprint density at radius 3 is 2.79 bits per heavy atom. The topological polar surface area (TPSA) is 89.8 Å². The molecule has 19 heavy (non-hydrogen) atoms. The van der Waals surface area contributed by atoms with Gasteiger partial charge < -0.3 is 15.4 Å². The zero-order chi connectivity index (χ0) is 13.8. The molecule has 0 saturated heterocycles. The number of unbranched alkanes of at least 4 members (excludes halogenated alkanes) is 2. The van der Waals surface area contributed by atoms with Crippen LogP contribution in [0.4, 0.5) is 5.82 Å². The lowest BCUT2D eigenvalue weighted by Gasteiger charge is -2.21. The number of nitrogens with zero attached hydrogens (tertiary/aromatic N) is 4. The molecule has 3 N–H and O–H groups in total. The highest BCUT2D eigenvalue weighted by molar-refractivity contribution is 5.81. The summed E-state index contributed by atoms with van der Waals surface area (Å²) in [6.07, 6.45) is 6.97. The van der Waals surface area contributed by atoms with Crippen molar-refractivity contribution in [2.75, 3.05) is 5.73 Å². The number of imidazole rings is 1. The quantitative estimate of drug-likeness (QED) is 0.777. The molecule has 0 aliphatic rings. The van der Waals surface area contributed by atoms with E-state index in [1.807, 2.05) is 4.57 Å². The second kappa shape index (κ2) is 5.97. The van der Waals surface area contributed by atoms with E-state index in [0.29, 0.717) is 17.0 Å². The third-order valence-corrected chi connectivity index (χ3v) is 3.40. The Hall–Kier alpha value is -1.69. The summed E-state index contributed by atoms with van der Waals surface area (Å²) in [4.78, 5) is 12.4. The Labute approximate surface area is 112 Å². The summed E-state index contributed by atoms with van der Waals surface area (Å²) in [6, 6.07) is -0.0224. The fraction of sp³-hybridized carbons (Fsp3) is 0.615. The number of hydrogen-bond acceptors (Lipinski definition) is 5. The fourth-order valence-corrected chi connectivity index (χ4v) is 2.33. The van der Waals surface area contributed by atoms with Crippen molar-refractivity contribution in [1.82, 2.24) is 19.5 Å². The zero-order valence-corrected chi connectivity index (χ0v) is 11.5. The predicted octanol–water partition coefficient (Wildman–Crippen LogP) is 1.91. The van der Waals surface area contributed by atoms with Crippen LogP contribution in [0.15, 0.2) is 12.7 Å². The number of anilines is 1. The molecule has 2 rings (SSSR count). The number of nitrogens with two attached hydrogens (primary N) is 1. The summed E-state index contributed by atoms with van der Waals surface area (Å²) in [7, 11) is 0. The molecule has 2 aromatic heterocycles. The molecule has 0 bridgehead atoms. The molecule has 0 amide bonds. The van der Waals surface area contributed by atoms with Gasteiger partial charge in [0.1, 0.15) is 11.8 Å². The molecule has 6 heteroatoms. The third-order valence-electron chi connectivity index (χ3n) is 3.40. The van der Waals surface area contributed by atoms with Crippen molar-refractivity contribution in [3.05, 3.63) is 12.7 Å². The van der Waals surface area contributed by atoms with Crippen LogP contribution in [0.1, 0.15) is 45.6 Å². The van der Waals surface area contributed by atoms with Crippen LogP contribution < -0.4 is 5.73 Å². The fourth-order valence-electron chi connectivity index (χ4n) is 2.33. The van der Waals surface area contributed by atoms with Crippen LogP contribution in [0.25, 0.3) is 11.2 Å². The summed E-state index contributed by atoms with van der Waals surface area (Å²) in [5.74, 6) is 0.377. The molecule has 0 aromatic carbocycles. The summed E-state index contributed by atoms with van der Waals surface area (Å²) < 4.78 is 1.91. The highest BCUT2D eigenvalue weighted by atomic mass is 16.3. The van der Waals surface area contributed by atoms with Gasteiger partial charge in [0.25, 0.3) is 0 Å². The first-order valence-corrected chi connectivity index (χ1v) is 6.76. The Kier molecular flexibility index (Phi) is 4.31. The standard InChI is InChI=1S/C13H21N5O/c1-3-4-5-6-10(9(2)19)18-8-17-11-12(14)15-7-16-13(11)18/h7-10,19H,3-6H2,1-2H3,(H2,14,15,16)/t9-,10+/m0/s1. The Morgan fingerprint density at radius 1 is 1.32 bits per heavy atom. The normalized spacial score (nSPS) is 14.7. The average molecular weight is 263 g/mol. The van der Waals surface area contributed by atoms with Gasteiger partial charge in [-0.1, -0.05) is 26.2 Å². The second-order valence-corrected chi connectivity index (χ2v) is 4.89. The molecule has 6 nitrogen and oxygen atoms in total. The molecule has 0 fully saturated rings. The van der Waals surface area contributed by atoms with Crippen LogP contribution in [0.2, 0.25) is 0 Å². The van der Waals surface area contributed by atoms with E-state index in [0.717, 1.165) is 25.7 Å². The molecule has 0 aliphatic carbocycles. The van der Waals surface area contributed by atoms with Crippen molar-refractivity contribution in [3.8, 4) is 0 Å². The maximum absolute atomic E-state index is 9.99. The number of aliphatic hydroxyl groups excluding tert-OH is 1.